The van der Waals surface area contributed by atoms with Crippen molar-refractivity contribution in [3.8, 4) is 28.0 Å². The molecule has 5 heteroatoms. The second-order valence-corrected chi connectivity index (χ2v) is 9.21. The van der Waals surface area contributed by atoms with Crippen molar-refractivity contribution in [2.75, 3.05) is 19.0 Å². The quantitative estimate of drug-likeness (QED) is 0.432. The van der Waals surface area contributed by atoms with E-state index in [1.165, 1.54) is 5.56 Å². The lowest BCUT2D eigenvalue weighted by molar-refractivity contribution is -0.136. The van der Waals surface area contributed by atoms with Gasteiger partial charge in [0.25, 0.3) is 0 Å². The zero-order chi connectivity index (χ0) is 23.9. The molecule has 0 aliphatic carbocycles. The van der Waals surface area contributed by atoms with E-state index in [1.807, 2.05) is 39.1 Å². The SMILES string of the molecule is CNc1c(C)c(CC(=O)O)c(-c2ccc3c(c2C)CCCO3)c(C)c1-c1ccc(Cl)c(C)c1. The third-order valence-electron chi connectivity index (χ3n) is 6.81. The molecule has 0 aromatic heterocycles. The van der Waals surface area contributed by atoms with Crippen LogP contribution in [-0.2, 0) is 17.6 Å². The molecular weight excluding hydrogens is 434 g/mol. The fourth-order valence-corrected chi connectivity index (χ4v) is 5.27. The molecular formula is C28H30ClNO3. The molecule has 0 amide bonds. The van der Waals surface area contributed by atoms with Crippen LogP contribution in [0.25, 0.3) is 22.3 Å². The molecule has 172 valence electrons. The van der Waals surface area contributed by atoms with Crippen LogP contribution in [0.3, 0.4) is 0 Å². The second-order valence-electron chi connectivity index (χ2n) is 8.80. The molecule has 0 unspecified atom stereocenters. The largest absolute Gasteiger partial charge is 0.493 e. The Kier molecular flexibility index (Phi) is 6.40. The van der Waals surface area contributed by atoms with Gasteiger partial charge in [-0.25, -0.2) is 0 Å². The summed E-state index contributed by atoms with van der Waals surface area (Å²) in [5, 5.41) is 13.9. The summed E-state index contributed by atoms with van der Waals surface area (Å²) in [5.74, 6) is 0.104. The molecule has 0 radical (unpaired) electrons. The zero-order valence-corrected chi connectivity index (χ0v) is 20.6. The van der Waals surface area contributed by atoms with Crippen molar-refractivity contribution in [1.82, 2.24) is 0 Å². The lowest BCUT2D eigenvalue weighted by Gasteiger charge is -2.27. The Labute approximate surface area is 200 Å². The van der Waals surface area contributed by atoms with Crippen LogP contribution >= 0.6 is 11.6 Å². The summed E-state index contributed by atoms with van der Waals surface area (Å²) in [6.45, 7) is 8.97. The lowest BCUT2D eigenvalue weighted by Crippen LogP contribution is -2.12. The van der Waals surface area contributed by atoms with Crippen molar-refractivity contribution in [2.24, 2.45) is 0 Å². The number of carboxylic acid groups (broad SMARTS) is 1. The van der Waals surface area contributed by atoms with Gasteiger partial charge in [0.15, 0.2) is 0 Å². The maximum Gasteiger partial charge on any atom is 0.307 e. The van der Waals surface area contributed by atoms with Crippen LogP contribution in [0, 0.1) is 27.7 Å². The molecule has 0 spiro atoms. The summed E-state index contributed by atoms with van der Waals surface area (Å²) in [6, 6.07) is 10.2. The molecule has 0 saturated carbocycles. The van der Waals surface area contributed by atoms with Crippen LogP contribution in [0.2, 0.25) is 5.02 Å². The summed E-state index contributed by atoms with van der Waals surface area (Å²) >= 11 is 6.32. The fourth-order valence-electron chi connectivity index (χ4n) is 5.15. The van der Waals surface area contributed by atoms with E-state index in [1.54, 1.807) is 0 Å². The van der Waals surface area contributed by atoms with Crippen molar-refractivity contribution < 1.29 is 14.6 Å². The highest BCUT2D eigenvalue weighted by atomic mass is 35.5. The molecule has 33 heavy (non-hydrogen) atoms. The summed E-state index contributed by atoms with van der Waals surface area (Å²) < 4.78 is 5.88. The van der Waals surface area contributed by atoms with Crippen LogP contribution in [0.4, 0.5) is 5.69 Å². The molecule has 0 saturated heterocycles. The van der Waals surface area contributed by atoms with Gasteiger partial charge in [-0.1, -0.05) is 23.7 Å². The highest BCUT2D eigenvalue weighted by molar-refractivity contribution is 6.31. The third kappa shape index (κ3) is 4.08. The maximum absolute atomic E-state index is 11.9. The normalized spacial score (nSPS) is 12.8. The number of aryl methyl sites for hydroxylation is 1. The first kappa shape index (κ1) is 23.2. The molecule has 1 aliphatic rings. The van der Waals surface area contributed by atoms with Gasteiger partial charge in [-0.05, 0) is 109 Å². The average Bonchev–Trinajstić information content (AvgIpc) is 2.79. The molecule has 2 N–H and O–H groups in total. The minimum atomic E-state index is -0.838. The number of ether oxygens (including phenoxy) is 1. The smallest absolute Gasteiger partial charge is 0.307 e. The number of hydrogen-bond acceptors (Lipinski definition) is 3. The van der Waals surface area contributed by atoms with E-state index in [0.29, 0.717) is 0 Å². The van der Waals surface area contributed by atoms with Crippen LogP contribution in [0.5, 0.6) is 5.75 Å². The van der Waals surface area contributed by atoms with E-state index >= 15 is 0 Å². The van der Waals surface area contributed by atoms with E-state index in [9.17, 15) is 9.90 Å². The van der Waals surface area contributed by atoms with E-state index in [2.05, 4.69) is 31.3 Å². The Morgan fingerprint density at radius 2 is 1.82 bits per heavy atom. The summed E-state index contributed by atoms with van der Waals surface area (Å²) in [5.41, 5.74) is 11.4. The molecule has 4 rings (SSSR count). The van der Waals surface area contributed by atoms with Gasteiger partial charge in [0.1, 0.15) is 5.75 Å². The molecule has 1 aliphatic heterocycles. The zero-order valence-electron chi connectivity index (χ0n) is 19.9. The van der Waals surface area contributed by atoms with Crippen molar-refractivity contribution >= 4 is 23.3 Å². The van der Waals surface area contributed by atoms with Crippen molar-refractivity contribution in [2.45, 2.75) is 47.0 Å². The molecule has 4 nitrogen and oxygen atoms in total. The van der Waals surface area contributed by atoms with E-state index in [4.69, 9.17) is 16.3 Å². The second kappa shape index (κ2) is 9.11. The Morgan fingerprint density at radius 1 is 1.06 bits per heavy atom. The molecule has 0 atom stereocenters. The van der Waals surface area contributed by atoms with Crippen LogP contribution in [0.1, 0.15) is 39.8 Å². The van der Waals surface area contributed by atoms with Crippen molar-refractivity contribution in [3.63, 3.8) is 0 Å². The van der Waals surface area contributed by atoms with Crippen LogP contribution in [0.15, 0.2) is 30.3 Å². The van der Waals surface area contributed by atoms with Crippen molar-refractivity contribution in [3.05, 3.63) is 68.7 Å². The van der Waals surface area contributed by atoms with Crippen LogP contribution < -0.4 is 10.1 Å². The van der Waals surface area contributed by atoms with Crippen LogP contribution in [-0.4, -0.2) is 24.7 Å². The first-order chi connectivity index (χ1) is 15.7. The molecule has 1 heterocycles. The van der Waals surface area contributed by atoms with Gasteiger partial charge in [0, 0.05) is 23.3 Å². The van der Waals surface area contributed by atoms with Gasteiger partial charge >= 0.3 is 5.97 Å². The molecule has 0 fully saturated rings. The Balaban J connectivity index is 2.08. The van der Waals surface area contributed by atoms with E-state index in [0.717, 1.165) is 86.0 Å². The predicted molar refractivity (Wildman–Crippen MR) is 136 cm³/mol. The summed E-state index contributed by atoms with van der Waals surface area (Å²) in [7, 11) is 1.89. The van der Waals surface area contributed by atoms with Gasteiger partial charge in [-0.2, -0.15) is 0 Å². The average molecular weight is 464 g/mol. The fraction of sp³-hybridized carbons (Fsp3) is 0.321. The monoisotopic (exact) mass is 463 g/mol. The number of nitrogens with one attached hydrogen (secondary N) is 1. The van der Waals surface area contributed by atoms with Gasteiger partial charge in [-0.3, -0.25) is 4.79 Å². The third-order valence-corrected chi connectivity index (χ3v) is 7.23. The number of rotatable bonds is 5. The Bertz CT molecular complexity index is 1260. The minimum Gasteiger partial charge on any atom is -0.493 e. The topological polar surface area (TPSA) is 58.6 Å². The highest BCUT2D eigenvalue weighted by Crippen LogP contribution is 2.46. The molecule has 3 aromatic carbocycles. The number of halogens is 1. The number of fused-ring (bicyclic) bond motifs is 1. The number of benzene rings is 3. The first-order valence-electron chi connectivity index (χ1n) is 11.3. The lowest BCUT2D eigenvalue weighted by atomic mass is 9.81. The van der Waals surface area contributed by atoms with Crippen molar-refractivity contribution in [1.29, 1.82) is 0 Å². The first-order valence-corrected chi connectivity index (χ1v) is 11.7. The highest BCUT2D eigenvalue weighted by Gasteiger charge is 2.25. The molecule has 3 aromatic rings. The van der Waals surface area contributed by atoms with Gasteiger partial charge in [-0.15, -0.1) is 0 Å². The number of aliphatic carboxylic acids is 1. The number of carboxylic acids is 1. The maximum atomic E-state index is 11.9. The molecule has 0 bridgehead atoms. The predicted octanol–water partition coefficient (Wildman–Crippen LogP) is 6.90. The number of hydrogen-bond donors (Lipinski definition) is 2. The number of carbonyl (C=O) groups is 1. The van der Waals surface area contributed by atoms with E-state index in [-0.39, 0.29) is 6.42 Å². The minimum absolute atomic E-state index is 0.0381. The van der Waals surface area contributed by atoms with Gasteiger partial charge < -0.3 is 15.2 Å². The number of anilines is 1. The Hall–Kier alpha value is -2.98. The van der Waals surface area contributed by atoms with Gasteiger partial charge in [0.05, 0.1) is 13.0 Å². The summed E-state index contributed by atoms with van der Waals surface area (Å²) in [4.78, 5) is 11.9. The summed E-state index contributed by atoms with van der Waals surface area (Å²) in [6.07, 6.45) is 1.92. The Morgan fingerprint density at radius 3 is 2.48 bits per heavy atom. The van der Waals surface area contributed by atoms with E-state index < -0.39 is 5.97 Å². The van der Waals surface area contributed by atoms with Gasteiger partial charge in [0.2, 0.25) is 0 Å². The standard InChI is InChI=1S/C28H30ClNO3/c1-15-13-19(8-10-23(15)29)26-18(4)27(22(14-25(31)32)17(3)28(26)30-5)21-9-11-24-20(16(21)2)7-6-12-33-24/h8-11,13,30H,6-7,12,14H2,1-5H3,(H,31,32).